The molecule has 0 atom stereocenters. The Kier molecular flexibility index (Phi) is 9.16. The van der Waals surface area contributed by atoms with Crippen molar-refractivity contribution in [2.75, 3.05) is 12.4 Å². The molecule has 0 bridgehead atoms. The van der Waals surface area contributed by atoms with Gasteiger partial charge in [0.15, 0.2) is 0 Å². The Hall–Kier alpha value is -2.97. The number of hydrogen-bond acceptors (Lipinski definition) is 4. The molecule has 1 heterocycles. The maximum Gasteiger partial charge on any atom is 0.248 e. The van der Waals surface area contributed by atoms with Gasteiger partial charge in [0.1, 0.15) is 18.1 Å². The fourth-order valence-electron chi connectivity index (χ4n) is 3.48. The Labute approximate surface area is 237 Å². The van der Waals surface area contributed by atoms with Gasteiger partial charge in [-0.05, 0) is 70.0 Å². The number of carbonyl (C=O) groups excluding carboxylic acids is 1. The van der Waals surface area contributed by atoms with Crippen molar-refractivity contribution in [1.82, 2.24) is 9.78 Å². The van der Waals surface area contributed by atoms with E-state index in [0.29, 0.717) is 38.8 Å². The number of hydrogen-bond donors (Lipinski definition) is 1. The fraction of sp³-hybridized carbons (Fsp3) is 0.111. The third-order valence-corrected chi connectivity index (χ3v) is 6.85. The molecule has 0 aliphatic heterocycles. The number of nitrogens with one attached hydrogen (secondary N) is 1. The standard InChI is InChI=1S/C27H21BrCl3N3O3/c1-36-25-8-5-17(11-18(25)16-37-26-9-7-19(29)12-22(26)28)6-10-27(35)33-20-13-32-34(14-20)15-21-23(30)3-2-4-24(21)31/h2-14H,15-16H2,1H3,(H,33,35). The summed E-state index contributed by atoms with van der Waals surface area (Å²) < 4.78 is 13.8. The van der Waals surface area contributed by atoms with Crippen LogP contribution in [0.1, 0.15) is 16.7 Å². The zero-order valence-corrected chi connectivity index (χ0v) is 23.4. The summed E-state index contributed by atoms with van der Waals surface area (Å²) >= 11 is 21.9. The zero-order valence-electron chi connectivity index (χ0n) is 19.6. The van der Waals surface area contributed by atoms with E-state index in [0.717, 1.165) is 21.2 Å². The van der Waals surface area contributed by atoms with Crippen molar-refractivity contribution < 1.29 is 14.3 Å². The minimum absolute atomic E-state index is 0.270. The van der Waals surface area contributed by atoms with Crippen LogP contribution in [0.25, 0.3) is 6.08 Å². The van der Waals surface area contributed by atoms with E-state index >= 15 is 0 Å². The highest BCUT2D eigenvalue weighted by Crippen LogP contribution is 2.30. The third-order valence-electron chi connectivity index (χ3n) is 5.29. The van der Waals surface area contributed by atoms with Crippen molar-refractivity contribution in [3.05, 3.63) is 109 Å². The van der Waals surface area contributed by atoms with Crippen LogP contribution in [0.3, 0.4) is 0 Å². The van der Waals surface area contributed by atoms with Crippen LogP contribution in [0.15, 0.2) is 77.5 Å². The van der Waals surface area contributed by atoms with Crippen molar-refractivity contribution in [2.45, 2.75) is 13.2 Å². The molecule has 0 spiro atoms. The number of amides is 1. The summed E-state index contributed by atoms with van der Waals surface area (Å²) in [6, 6.07) is 16.2. The molecule has 0 aliphatic carbocycles. The molecule has 0 fully saturated rings. The molecule has 0 radical (unpaired) electrons. The minimum atomic E-state index is -0.297. The minimum Gasteiger partial charge on any atom is -0.496 e. The number of aromatic nitrogens is 2. The highest BCUT2D eigenvalue weighted by Gasteiger charge is 2.10. The quantitative estimate of drug-likeness (QED) is 0.193. The average Bonchev–Trinajstić information content (AvgIpc) is 3.31. The molecular weight excluding hydrogens is 601 g/mol. The lowest BCUT2D eigenvalue weighted by molar-refractivity contribution is -0.111. The predicted octanol–water partition coefficient (Wildman–Crippen LogP) is 7.89. The molecule has 1 amide bonds. The second-order valence-corrected chi connectivity index (χ2v) is 9.99. The summed E-state index contributed by atoms with van der Waals surface area (Å²) in [5.41, 5.74) is 2.95. The molecule has 0 saturated carbocycles. The number of carbonyl (C=O) groups is 1. The first kappa shape index (κ1) is 27.1. The first-order valence-electron chi connectivity index (χ1n) is 11.0. The van der Waals surface area contributed by atoms with Crippen molar-refractivity contribution in [2.24, 2.45) is 0 Å². The van der Waals surface area contributed by atoms with E-state index in [1.807, 2.05) is 18.2 Å². The SMILES string of the molecule is COc1ccc(C=CC(=O)Nc2cnn(Cc3c(Cl)cccc3Cl)c2)cc1COc1ccc(Cl)cc1Br. The van der Waals surface area contributed by atoms with Crippen LogP contribution in [-0.2, 0) is 17.9 Å². The number of nitrogens with zero attached hydrogens (tertiary/aromatic N) is 2. The van der Waals surface area contributed by atoms with Crippen molar-refractivity contribution in [3.63, 3.8) is 0 Å². The maximum absolute atomic E-state index is 12.5. The van der Waals surface area contributed by atoms with E-state index in [1.165, 1.54) is 6.08 Å². The largest absolute Gasteiger partial charge is 0.496 e. The van der Waals surface area contributed by atoms with Crippen LogP contribution in [0.2, 0.25) is 15.1 Å². The number of halogens is 4. The molecule has 0 saturated heterocycles. The highest BCUT2D eigenvalue weighted by molar-refractivity contribution is 9.10. The molecule has 1 aromatic heterocycles. The second kappa shape index (κ2) is 12.5. The van der Waals surface area contributed by atoms with Gasteiger partial charge < -0.3 is 14.8 Å². The normalized spacial score (nSPS) is 11.1. The van der Waals surface area contributed by atoms with Gasteiger partial charge in [0.2, 0.25) is 5.91 Å². The number of benzene rings is 3. The summed E-state index contributed by atoms with van der Waals surface area (Å²) in [5, 5.41) is 8.80. The molecule has 6 nitrogen and oxygen atoms in total. The molecule has 37 heavy (non-hydrogen) atoms. The average molecular weight is 622 g/mol. The summed E-state index contributed by atoms with van der Waals surface area (Å²) in [5.74, 6) is 1.04. The Morgan fingerprint density at radius 3 is 2.57 bits per heavy atom. The van der Waals surface area contributed by atoms with E-state index in [4.69, 9.17) is 44.3 Å². The van der Waals surface area contributed by atoms with E-state index in [9.17, 15) is 4.79 Å². The van der Waals surface area contributed by atoms with Crippen LogP contribution in [0, 0.1) is 0 Å². The van der Waals surface area contributed by atoms with Gasteiger partial charge in [-0.15, -0.1) is 0 Å². The summed E-state index contributed by atoms with van der Waals surface area (Å²) in [6.07, 6.45) is 6.44. The van der Waals surface area contributed by atoms with Gasteiger partial charge in [0, 0.05) is 38.5 Å². The molecule has 4 aromatic rings. The van der Waals surface area contributed by atoms with E-state index in [-0.39, 0.29) is 12.5 Å². The third kappa shape index (κ3) is 7.29. The molecule has 1 N–H and O–H groups in total. The molecule has 3 aromatic carbocycles. The number of rotatable bonds is 9. The van der Waals surface area contributed by atoms with Crippen LogP contribution in [0.5, 0.6) is 11.5 Å². The molecular formula is C27H21BrCl3N3O3. The summed E-state index contributed by atoms with van der Waals surface area (Å²) in [7, 11) is 1.60. The number of methoxy groups -OCH3 is 1. The molecule has 190 valence electrons. The van der Waals surface area contributed by atoms with Crippen LogP contribution < -0.4 is 14.8 Å². The summed E-state index contributed by atoms with van der Waals surface area (Å²) in [4.78, 5) is 12.5. The van der Waals surface area contributed by atoms with Crippen LogP contribution in [0.4, 0.5) is 5.69 Å². The monoisotopic (exact) mass is 619 g/mol. The molecule has 4 rings (SSSR count). The van der Waals surface area contributed by atoms with E-state index in [2.05, 4.69) is 26.3 Å². The lowest BCUT2D eigenvalue weighted by Gasteiger charge is -2.12. The Balaban J connectivity index is 1.39. The van der Waals surface area contributed by atoms with Gasteiger partial charge in [-0.2, -0.15) is 5.10 Å². The zero-order chi connectivity index (χ0) is 26.4. The van der Waals surface area contributed by atoms with Gasteiger partial charge >= 0.3 is 0 Å². The second-order valence-electron chi connectivity index (χ2n) is 7.88. The van der Waals surface area contributed by atoms with Crippen LogP contribution >= 0.6 is 50.7 Å². The fourth-order valence-corrected chi connectivity index (χ4v) is 4.79. The van der Waals surface area contributed by atoms with Crippen LogP contribution in [-0.4, -0.2) is 22.8 Å². The first-order chi connectivity index (χ1) is 17.8. The van der Waals surface area contributed by atoms with E-state index < -0.39 is 0 Å². The predicted molar refractivity (Wildman–Crippen MR) is 152 cm³/mol. The number of ether oxygens (including phenoxy) is 2. The van der Waals surface area contributed by atoms with E-state index in [1.54, 1.807) is 66.7 Å². The van der Waals surface area contributed by atoms with Gasteiger partial charge in [-0.25, -0.2) is 0 Å². The Morgan fingerprint density at radius 1 is 1.08 bits per heavy atom. The van der Waals surface area contributed by atoms with Crippen molar-refractivity contribution >= 4 is 68.4 Å². The lowest BCUT2D eigenvalue weighted by Crippen LogP contribution is -2.07. The topological polar surface area (TPSA) is 65.4 Å². The lowest BCUT2D eigenvalue weighted by atomic mass is 10.1. The Bertz CT molecular complexity index is 1440. The van der Waals surface area contributed by atoms with Gasteiger partial charge in [-0.3, -0.25) is 9.48 Å². The first-order valence-corrected chi connectivity index (χ1v) is 12.9. The molecule has 0 unspecified atom stereocenters. The number of anilines is 1. The maximum atomic E-state index is 12.5. The van der Waals surface area contributed by atoms with Gasteiger partial charge in [-0.1, -0.05) is 46.9 Å². The van der Waals surface area contributed by atoms with Crippen molar-refractivity contribution in [1.29, 1.82) is 0 Å². The van der Waals surface area contributed by atoms with Crippen molar-refractivity contribution in [3.8, 4) is 11.5 Å². The van der Waals surface area contributed by atoms with Gasteiger partial charge in [0.25, 0.3) is 0 Å². The molecule has 0 aliphatic rings. The highest BCUT2D eigenvalue weighted by atomic mass is 79.9. The summed E-state index contributed by atoms with van der Waals surface area (Å²) in [6.45, 7) is 0.652. The molecule has 10 heteroatoms. The smallest absolute Gasteiger partial charge is 0.248 e. The Morgan fingerprint density at radius 2 is 1.84 bits per heavy atom. The van der Waals surface area contributed by atoms with Gasteiger partial charge in [0.05, 0.1) is 30.0 Å².